The second-order valence-corrected chi connectivity index (χ2v) is 9.12. The van der Waals surface area contributed by atoms with Crippen molar-refractivity contribution in [2.45, 2.75) is 37.8 Å². The summed E-state index contributed by atoms with van der Waals surface area (Å²) in [5.74, 6) is -2.34. The van der Waals surface area contributed by atoms with Crippen LogP contribution in [0.3, 0.4) is 0 Å². The number of aliphatic imine (C=N–C) groups is 1. The Morgan fingerprint density at radius 1 is 1.12 bits per heavy atom. The van der Waals surface area contributed by atoms with Gasteiger partial charge in [0.1, 0.15) is 17.1 Å². The Bertz CT molecular complexity index is 1150. The molecule has 0 spiro atoms. The lowest BCUT2D eigenvalue weighted by Crippen LogP contribution is -2.61. The van der Waals surface area contributed by atoms with Crippen LogP contribution in [-0.2, 0) is 9.59 Å². The highest BCUT2D eigenvalue weighted by atomic mass is 35.5. The highest BCUT2D eigenvalue weighted by molar-refractivity contribution is 6.50. The predicted octanol–water partition coefficient (Wildman–Crippen LogP) is 2.41. The van der Waals surface area contributed by atoms with Gasteiger partial charge in [-0.05, 0) is 69.2 Å². The van der Waals surface area contributed by atoms with Gasteiger partial charge in [-0.3, -0.25) is 24.7 Å². The molecule has 0 radical (unpaired) electrons. The molecule has 1 atom stereocenters. The van der Waals surface area contributed by atoms with Gasteiger partial charge in [-0.25, -0.2) is 4.39 Å². The Morgan fingerprint density at radius 2 is 1.71 bits per heavy atom. The molecule has 0 bridgehead atoms. The molecule has 0 saturated heterocycles. The van der Waals surface area contributed by atoms with Crippen LogP contribution in [0.4, 0.5) is 15.8 Å². The summed E-state index contributed by atoms with van der Waals surface area (Å²) in [6.07, 6.45) is 0.650. The molecule has 0 fully saturated rings. The molecule has 1 unspecified atom stereocenters. The topological polar surface area (TPSA) is 152 Å². The van der Waals surface area contributed by atoms with Crippen LogP contribution < -0.4 is 27.4 Å². The summed E-state index contributed by atoms with van der Waals surface area (Å²) in [7, 11) is 0. The molecule has 0 saturated carbocycles. The van der Waals surface area contributed by atoms with Gasteiger partial charge in [0.15, 0.2) is 0 Å². The fourth-order valence-electron chi connectivity index (χ4n) is 3.48. The van der Waals surface area contributed by atoms with Crippen LogP contribution in [0.1, 0.15) is 37.0 Å². The molecule has 3 amide bonds. The first-order valence-corrected chi connectivity index (χ1v) is 10.9. The highest BCUT2D eigenvalue weighted by Crippen LogP contribution is 2.25. The van der Waals surface area contributed by atoms with Gasteiger partial charge in [-0.15, -0.1) is 0 Å². The van der Waals surface area contributed by atoms with Crippen LogP contribution in [0.25, 0.3) is 0 Å². The molecule has 0 aliphatic carbocycles. The maximum absolute atomic E-state index is 13.2. The van der Waals surface area contributed by atoms with E-state index in [0.717, 1.165) is 12.1 Å². The van der Waals surface area contributed by atoms with E-state index in [1.807, 2.05) is 13.8 Å². The molecule has 1 aliphatic rings. The number of hydrogen-bond donors (Lipinski definition) is 5. The highest BCUT2D eigenvalue weighted by Gasteiger charge is 2.48. The summed E-state index contributed by atoms with van der Waals surface area (Å²) in [4.78, 5) is 41.8. The van der Waals surface area contributed by atoms with Crippen molar-refractivity contribution in [2.24, 2.45) is 16.5 Å². The molecule has 0 aromatic heterocycles. The average molecular weight is 489 g/mol. The van der Waals surface area contributed by atoms with E-state index in [-0.39, 0.29) is 29.4 Å². The van der Waals surface area contributed by atoms with Crippen molar-refractivity contribution in [2.75, 3.05) is 17.3 Å². The summed E-state index contributed by atoms with van der Waals surface area (Å²) in [6, 6.07) is 9.75. The molecule has 3 rings (SSSR count). The lowest BCUT2D eigenvalue weighted by atomic mass is 9.83. The summed E-state index contributed by atoms with van der Waals surface area (Å²) < 4.78 is 13.2. The zero-order valence-electron chi connectivity index (χ0n) is 18.7. The number of nitrogens with zero attached hydrogens (tertiary/aromatic N) is 1. The number of nitrogens with two attached hydrogens (primary N) is 2. The molecule has 11 heteroatoms. The van der Waals surface area contributed by atoms with Crippen molar-refractivity contribution in [1.29, 1.82) is 0 Å². The third kappa shape index (κ3) is 5.77. The zero-order valence-corrected chi connectivity index (χ0v) is 19.5. The minimum absolute atomic E-state index is 0.00687. The number of halogens is 2. The first kappa shape index (κ1) is 25.3. The largest absolute Gasteiger partial charge is 0.368 e. The van der Waals surface area contributed by atoms with Crippen molar-refractivity contribution in [3.05, 3.63) is 58.9 Å². The lowest BCUT2D eigenvalue weighted by molar-refractivity contribution is -0.123. The van der Waals surface area contributed by atoms with Gasteiger partial charge in [0.05, 0.1) is 17.3 Å². The van der Waals surface area contributed by atoms with E-state index in [2.05, 4.69) is 20.9 Å². The SMILES string of the molecule is CC(C)(N)CCC1(C(N)=O)NCN=C1C(=O)Nc1ccc(NC(=O)c2ccc(F)cc2Cl)cc1. The van der Waals surface area contributed by atoms with Crippen LogP contribution in [0.15, 0.2) is 47.5 Å². The van der Waals surface area contributed by atoms with Crippen molar-refractivity contribution >= 4 is 46.4 Å². The third-order valence-electron chi connectivity index (χ3n) is 5.38. The Morgan fingerprint density at radius 3 is 2.24 bits per heavy atom. The van der Waals surface area contributed by atoms with Gasteiger partial charge < -0.3 is 22.1 Å². The summed E-state index contributed by atoms with van der Waals surface area (Å²) >= 11 is 5.92. The molecule has 1 aliphatic heterocycles. The van der Waals surface area contributed by atoms with E-state index in [4.69, 9.17) is 23.1 Å². The van der Waals surface area contributed by atoms with Gasteiger partial charge in [-0.1, -0.05) is 11.6 Å². The normalized spacial score (nSPS) is 17.7. The first-order valence-electron chi connectivity index (χ1n) is 10.5. The summed E-state index contributed by atoms with van der Waals surface area (Å²) in [5.41, 5.74) is 10.7. The maximum atomic E-state index is 13.2. The quantitative estimate of drug-likeness (QED) is 0.386. The number of benzene rings is 2. The van der Waals surface area contributed by atoms with E-state index < -0.39 is 34.6 Å². The van der Waals surface area contributed by atoms with Gasteiger partial charge >= 0.3 is 0 Å². The van der Waals surface area contributed by atoms with Crippen molar-refractivity contribution in [1.82, 2.24) is 5.32 Å². The van der Waals surface area contributed by atoms with E-state index in [1.54, 1.807) is 24.3 Å². The number of anilines is 2. The van der Waals surface area contributed by atoms with Crippen LogP contribution in [0.2, 0.25) is 5.02 Å². The molecule has 34 heavy (non-hydrogen) atoms. The fourth-order valence-corrected chi connectivity index (χ4v) is 3.73. The molecule has 9 nitrogen and oxygen atoms in total. The van der Waals surface area contributed by atoms with Crippen LogP contribution in [0.5, 0.6) is 0 Å². The summed E-state index contributed by atoms with van der Waals surface area (Å²) in [5, 5.41) is 8.27. The molecular formula is C23H26ClFN6O3. The lowest BCUT2D eigenvalue weighted by Gasteiger charge is -2.30. The Hall–Kier alpha value is -3.34. The predicted molar refractivity (Wildman–Crippen MR) is 129 cm³/mol. The number of amides is 3. The van der Waals surface area contributed by atoms with Crippen molar-refractivity contribution in [3.8, 4) is 0 Å². The molecule has 180 valence electrons. The Balaban J connectivity index is 1.69. The van der Waals surface area contributed by atoms with E-state index in [1.165, 1.54) is 6.07 Å². The van der Waals surface area contributed by atoms with E-state index >= 15 is 0 Å². The number of carbonyl (C=O) groups is 3. The number of rotatable bonds is 8. The van der Waals surface area contributed by atoms with Gasteiger partial charge in [0.2, 0.25) is 5.91 Å². The number of nitrogens with one attached hydrogen (secondary N) is 3. The zero-order chi connectivity index (χ0) is 25.1. The van der Waals surface area contributed by atoms with Crippen LogP contribution in [-0.4, -0.2) is 41.2 Å². The average Bonchev–Trinajstić information content (AvgIpc) is 3.19. The molecule has 1 heterocycles. The smallest absolute Gasteiger partial charge is 0.272 e. The van der Waals surface area contributed by atoms with Gasteiger partial charge in [-0.2, -0.15) is 0 Å². The van der Waals surface area contributed by atoms with Crippen molar-refractivity contribution in [3.63, 3.8) is 0 Å². The number of carbonyl (C=O) groups excluding carboxylic acids is 3. The molecule has 2 aromatic carbocycles. The molecule has 2 aromatic rings. The monoisotopic (exact) mass is 488 g/mol. The standard InChI is InChI=1S/C23H26ClFN6O3/c1-22(2,27)9-10-23(21(26)34)18(28-12-29-23)20(33)31-15-6-4-14(5-7-15)30-19(32)16-8-3-13(25)11-17(16)24/h3-8,11,29H,9-10,12,27H2,1-2H3,(H2,26,34)(H,30,32)(H,31,33). The molecular weight excluding hydrogens is 463 g/mol. The minimum Gasteiger partial charge on any atom is -0.368 e. The van der Waals surface area contributed by atoms with Crippen LogP contribution in [0, 0.1) is 5.82 Å². The van der Waals surface area contributed by atoms with E-state index in [0.29, 0.717) is 17.8 Å². The second-order valence-electron chi connectivity index (χ2n) is 8.71. The number of hydrogen-bond acceptors (Lipinski definition) is 6. The molecule has 7 N–H and O–H groups in total. The van der Waals surface area contributed by atoms with Crippen molar-refractivity contribution < 1.29 is 18.8 Å². The van der Waals surface area contributed by atoms with Gasteiger partial charge in [0.25, 0.3) is 11.8 Å². The van der Waals surface area contributed by atoms with Gasteiger partial charge in [0, 0.05) is 16.9 Å². The van der Waals surface area contributed by atoms with Crippen LogP contribution >= 0.6 is 11.6 Å². The fraction of sp³-hybridized carbons (Fsp3) is 0.304. The number of primary amides is 1. The third-order valence-corrected chi connectivity index (χ3v) is 5.69. The summed E-state index contributed by atoms with van der Waals surface area (Å²) in [6.45, 7) is 3.71. The first-order chi connectivity index (χ1) is 15.9. The van der Waals surface area contributed by atoms with E-state index in [9.17, 15) is 18.8 Å². The maximum Gasteiger partial charge on any atom is 0.272 e. The minimum atomic E-state index is -1.41. The Labute approximate surface area is 201 Å². The second kappa shape index (κ2) is 9.88. The Kier molecular flexibility index (Phi) is 7.35.